The van der Waals surface area contributed by atoms with Crippen LogP contribution in [-0.2, 0) is 9.84 Å². The van der Waals surface area contributed by atoms with E-state index in [0.717, 1.165) is 0 Å². The molecule has 0 spiro atoms. The lowest BCUT2D eigenvalue weighted by Gasteiger charge is -1.99. The van der Waals surface area contributed by atoms with Crippen molar-refractivity contribution in [3.63, 3.8) is 0 Å². The molecule has 0 saturated heterocycles. The summed E-state index contributed by atoms with van der Waals surface area (Å²) in [6.07, 6.45) is 4.90. The summed E-state index contributed by atoms with van der Waals surface area (Å²) >= 11 is 0. The summed E-state index contributed by atoms with van der Waals surface area (Å²) in [5, 5.41) is 9.03. The third kappa shape index (κ3) is 2.23. The van der Waals surface area contributed by atoms with Gasteiger partial charge in [-0.2, -0.15) is 0 Å². The number of aromatic hydroxyl groups is 1. The van der Waals surface area contributed by atoms with Crippen LogP contribution in [0.3, 0.4) is 0 Å². The Hall–Kier alpha value is -1.47. The van der Waals surface area contributed by atoms with Crippen LogP contribution < -0.4 is 0 Å². The zero-order valence-corrected chi connectivity index (χ0v) is 7.58. The van der Waals surface area contributed by atoms with Gasteiger partial charge in [-0.15, -0.1) is 6.42 Å². The molecule has 0 bridgehead atoms. The molecular formula is C9H8O3S. The first-order valence-electron chi connectivity index (χ1n) is 3.51. The fraction of sp³-hybridized carbons (Fsp3) is 0.111. The van der Waals surface area contributed by atoms with Crippen LogP contribution >= 0.6 is 0 Å². The van der Waals surface area contributed by atoms with Crippen LogP contribution in [0.5, 0.6) is 5.75 Å². The van der Waals surface area contributed by atoms with Crippen LogP contribution in [0.15, 0.2) is 29.2 Å². The quantitative estimate of drug-likeness (QED) is 0.712. The molecule has 0 amide bonds. The van der Waals surface area contributed by atoms with Crippen LogP contribution in [-0.4, -0.2) is 19.3 Å². The molecular weight excluding hydrogens is 188 g/mol. The number of sulfone groups is 1. The Bertz CT molecular complexity index is 440. The van der Waals surface area contributed by atoms with E-state index in [-0.39, 0.29) is 16.4 Å². The molecule has 1 N–H and O–H groups in total. The lowest BCUT2D eigenvalue weighted by Crippen LogP contribution is -2.04. The van der Waals surface area contributed by atoms with Crippen LogP contribution in [0.25, 0.3) is 0 Å². The van der Waals surface area contributed by atoms with Crippen molar-refractivity contribution in [1.29, 1.82) is 0 Å². The van der Waals surface area contributed by atoms with E-state index >= 15 is 0 Å². The number of phenols is 1. The van der Waals surface area contributed by atoms with Gasteiger partial charge in [-0.1, -0.05) is 12.0 Å². The van der Waals surface area contributed by atoms with Crippen LogP contribution in [0, 0.1) is 12.3 Å². The van der Waals surface area contributed by atoms with Gasteiger partial charge in [-0.3, -0.25) is 0 Å². The Kier molecular flexibility index (Phi) is 2.59. The highest BCUT2D eigenvalue weighted by atomic mass is 32.2. The Morgan fingerprint density at radius 1 is 1.46 bits per heavy atom. The molecule has 0 aliphatic heterocycles. The molecule has 0 atom stereocenters. The molecule has 4 heteroatoms. The zero-order valence-electron chi connectivity index (χ0n) is 6.77. The molecule has 0 fully saturated rings. The molecule has 13 heavy (non-hydrogen) atoms. The highest BCUT2D eigenvalue weighted by molar-refractivity contribution is 7.91. The summed E-state index contributed by atoms with van der Waals surface area (Å²) in [5.74, 6) is 1.62. The number of hydrogen-bond donors (Lipinski definition) is 1. The minimum absolute atomic E-state index is 0.0467. The second-order valence-corrected chi connectivity index (χ2v) is 4.45. The smallest absolute Gasteiger partial charge is 0.189 e. The van der Waals surface area contributed by atoms with Crippen molar-refractivity contribution in [2.24, 2.45) is 0 Å². The fourth-order valence-electron chi connectivity index (χ4n) is 0.870. The second-order valence-electron chi connectivity index (χ2n) is 2.46. The van der Waals surface area contributed by atoms with Gasteiger partial charge in [0.1, 0.15) is 11.5 Å². The monoisotopic (exact) mass is 196 g/mol. The van der Waals surface area contributed by atoms with E-state index in [0.29, 0.717) is 0 Å². The Balaban J connectivity index is 3.17. The molecule has 0 radical (unpaired) electrons. The molecule has 0 aliphatic carbocycles. The fourth-order valence-corrected chi connectivity index (χ4v) is 1.84. The van der Waals surface area contributed by atoms with E-state index < -0.39 is 9.84 Å². The number of rotatable bonds is 2. The van der Waals surface area contributed by atoms with Gasteiger partial charge in [0.15, 0.2) is 9.84 Å². The molecule has 1 aromatic rings. The molecule has 1 aromatic carbocycles. The summed E-state index contributed by atoms with van der Waals surface area (Å²) in [7, 11) is -3.43. The van der Waals surface area contributed by atoms with Crippen molar-refractivity contribution in [1.82, 2.24) is 0 Å². The molecule has 68 valence electrons. The third-order valence-electron chi connectivity index (χ3n) is 1.45. The topological polar surface area (TPSA) is 54.4 Å². The number of terminal acetylenes is 1. The van der Waals surface area contributed by atoms with Gasteiger partial charge in [0.05, 0.1) is 4.90 Å². The Labute approximate surface area is 76.9 Å². The Morgan fingerprint density at radius 2 is 2.15 bits per heavy atom. The van der Waals surface area contributed by atoms with Crippen molar-refractivity contribution < 1.29 is 13.5 Å². The predicted octanol–water partition coefficient (Wildman–Crippen LogP) is 0.799. The number of hydrogen-bond acceptors (Lipinski definition) is 3. The minimum Gasteiger partial charge on any atom is -0.508 e. The first-order valence-corrected chi connectivity index (χ1v) is 5.17. The molecule has 0 aromatic heterocycles. The van der Waals surface area contributed by atoms with Crippen molar-refractivity contribution in [2.75, 3.05) is 5.75 Å². The zero-order chi connectivity index (χ0) is 9.90. The lowest BCUT2D eigenvalue weighted by atomic mass is 10.3. The Morgan fingerprint density at radius 3 is 2.69 bits per heavy atom. The standard InChI is InChI=1S/C9H8O3S/c1-2-6-13(11,12)9-5-3-4-8(10)7-9/h1,3-5,7,10H,6H2. The van der Waals surface area contributed by atoms with Gasteiger partial charge in [-0.05, 0) is 18.2 Å². The van der Waals surface area contributed by atoms with Crippen molar-refractivity contribution in [3.05, 3.63) is 24.3 Å². The first kappa shape index (κ1) is 9.62. The van der Waals surface area contributed by atoms with Crippen molar-refractivity contribution in [2.45, 2.75) is 4.90 Å². The maximum atomic E-state index is 11.3. The highest BCUT2D eigenvalue weighted by Gasteiger charge is 2.12. The molecule has 3 nitrogen and oxygen atoms in total. The second kappa shape index (κ2) is 3.50. The average Bonchev–Trinajstić information content (AvgIpc) is 2.04. The summed E-state index contributed by atoms with van der Waals surface area (Å²) in [6.45, 7) is 0. The molecule has 1 rings (SSSR count). The SMILES string of the molecule is C#CCS(=O)(=O)c1cccc(O)c1. The largest absolute Gasteiger partial charge is 0.508 e. The van der Waals surface area contributed by atoms with E-state index in [4.69, 9.17) is 11.5 Å². The minimum atomic E-state index is -3.43. The van der Waals surface area contributed by atoms with E-state index in [9.17, 15) is 8.42 Å². The lowest BCUT2D eigenvalue weighted by molar-refractivity contribution is 0.473. The van der Waals surface area contributed by atoms with E-state index in [1.807, 2.05) is 0 Å². The van der Waals surface area contributed by atoms with Gasteiger partial charge in [0.25, 0.3) is 0 Å². The van der Waals surface area contributed by atoms with Crippen LogP contribution in [0.1, 0.15) is 0 Å². The summed E-state index contributed by atoms with van der Waals surface area (Å²) in [6, 6.07) is 5.42. The normalized spacial score (nSPS) is 10.7. The van der Waals surface area contributed by atoms with Crippen molar-refractivity contribution >= 4 is 9.84 Å². The maximum absolute atomic E-state index is 11.3. The number of benzene rings is 1. The van der Waals surface area contributed by atoms with Gasteiger partial charge in [0, 0.05) is 0 Å². The molecule has 0 heterocycles. The van der Waals surface area contributed by atoms with E-state index in [1.165, 1.54) is 24.3 Å². The van der Waals surface area contributed by atoms with Gasteiger partial charge >= 0.3 is 0 Å². The van der Waals surface area contributed by atoms with E-state index in [2.05, 4.69) is 5.92 Å². The van der Waals surface area contributed by atoms with Gasteiger partial charge in [-0.25, -0.2) is 8.42 Å². The summed E-state index contributed by atoms with van der Waals surface area (Å²) in [4.78, 5) is 0.0467. The molecule has 0 unspecified atom stereocenters. The first-order chi connectivity index (χ1) is 6.06. The molecule has 0 saturated carbocycles. The van der Waals surface area contributed by atoms with Gasteiger partial charge < -0.3 is 5.11 Å². The van der Waals surface area contributed by atoms with Crippen LogP contribution in [0.4, 0.5) is 0 Å². The summed E-state index contributed by atoms with van der Waals surface area (Å²) in [5.41, 5.74) is 0. The average molecular weight is 196 g/mol. The van der Waals surface area contributed by atoms with E-state index in [1.54, 1.807) is 0 Å². The predicted molar refractivity (Wildman–Crippen MR) is 49.0 cm³/mol. The highest BCUT2D eigenvalue weighted by Crippen LogP contribution is 2.16. The third-order valence-corrected chi connectivity index (χ3v) is 2.97. The van der Waals surface area contributed by atoms with Crippen LogP contribution in [0.2, 0.25) is 0 Å². The van der Waals surface area contributed by atoms with Crippen molar-refractivity contribution in [3.8, 4) is 18.1 Å². The molecule has 0 aliphatic rings. The van der Waals surface area contributed by atoms with Gasteiger partial charge in [0.2, 0.25) is 0 Å². The number of phenolic OH excluding ortho intramolecular Hbond substituents is 1. The maximum Gasteiger partial charge on any atom is 0.189 e. The summed E-state index contributed by atoms with van der Waals surface area (Å²) < 4.78 is 22.7.